The molecule has 6 heteroatoms. The lowest BCUT2D eigenvalue weighted by molar-refractivity contribution is -0.167. The Hall–Kier alpha value is -2.05. The van der Waals surface area contributed by atoms with Gasteiger partial charge in [-0.15, -0.1) is 0 Å². The van der Waals surface area contributed by atoms with Gasteiger partial charge < -0.3 is 14.2 Å². The predicted molar refractivity (Wildman–Crippen MR) is 101 cm³/mol. The third-order valence-electron chi connectivity index (χ3n) is 5.05. The van der Waals surface area contributed by atoms with Gasteiger partial charge in [0.1, 0.15) is 5.82 Å². The number of rotatable bonds is 7. The van der Waals surface area contributed by atoms with Gasteiger partial charge in [-0.2, -0.15) is 4.39 Å². The molecule has 0 amide bonds. The van der Waals surface area contributed by atoms with E-state index in [4.69, 9.17) is 14.2 Å². The molecule has 1 saturated heterocycles. The highest BCUT2D eigenvalue weighted by Gasteiger charge is 2.26. The van der Waals surface area contributed by atoms with Crippen LogP contribution in [0.4, 0.5) is 13.2 Å². The van der Waals surface area contributed by atoms with Gasteiger partial charge in [-0.05, 0) is 48.6 Å². The molecule has 1 aliphatic heterocycles. The average Bonchev–Trinajstić information content (AvgIpc) is 2.71. The summed E-state index contributed by atoms with van der Waals surface area (Å²) >= 11 is 0. The molecule has 2 unspecified atom stereocenters. The Bertz CT molecular complexity index is 802. The molecular formula is C22H25F3O3. The fourth-order valence-corrected chi connectivity index (χ4v) is 3.40. The fraction of sp³-hybridized carbons (Fsp3) is 0.455. The summed E-state index contributed by atoms with van der Waals surface area (Å²) in [6, 6.07) is 7.18. The molecule has 0 aliphatic carbocycles. The second-order valence-electron chi connectivity index (χ2n) is 6.94. The number of benzene rings is 2. The van der Waals surface area contributed by atoms with Crippen LogP contribution in [0.5, 0.6) is 5.75 Å². The van der Waals surface area contributed by atoms with Crippen LogP contribution in [0.2, 0.25) is 0 Å². The largest absolute Gasteiger partial charge is 0.494 e. The first-order valence-corrected chi connectivity index (χ1v) is 9.60. The first-order valence-electron chi connectivity index (χ1n) is 9.60. The van der Waals surface area contributed by atoms with Crippen molar-refractivity contribution in [3.8, 4) is 16.9 Å². The summed E-state index contributed by atoms with van der Waals surface area (Å²) < 4.78 is 59.1. The summed E-state index contributed by atoms with van der Waals surface area (Å²) in [6.45, 7) is 3.14. The third-order valence-corrected chi connectivity index (χ3v) is 5.05. The summed E-state index contributed by atoms with van der Waals surface area (Å²) in [5.74, 6) is -2.86. The summed E-state index contributed by atoms with van der Waals surface area (Å²) in [6.07, 6.45) is 3.27. The molecule has 2 aromatic rings. The van der Waals surface area contributed by atoms with Crippen molar-refractivity contribution in [2.24, 2.45) is 0 Å². The third kappa shape index (κ3) is 4.50. The van der Waals surface area contributed by atoms with Crippen LogP contribution in [0, 0.1) is 17.5 Å². The second-order valence-corrected chi connectivity index (χ2v) is 6.94. The summed E-state index contributed by atoms with van der Waals surface area (Å²) in [4.78, 5) is 0. The molecule has 28 heavy (non-hydrogen) atoms. The van der Waals surface area contributed by atoms with E-state index >= 15 is 0 Å². The SMILES string of the molecule is CCCCOC1CCC(c2ccc(-c3ccc(OC)c(F)c3F)cc2F)CO1. The molecule has 2 atom stereocenters. The summed E-state index contributed by atoms with van der Waals surface area (Å²) in [7, 11) is 1.26. The van der Waals surface area contributed by atoms with E-state index in [9.17, 15) is 13.2 Å². The lowest BCUT2D eigenvalue weighted by Gasteiger charge is -2.29. The minimum Gasteiger partial charge on any atom is -0.494 e. The summed E-state index contributed by atoms with van der Waals surface area (Å²) in [5.41, 5.74) is 0.788. The van der Waals surface area contributed by atoms with Gasteiger partial charge >= 0.3 is 0 Å². The van der Waals surface area contributed by atoms with Crippen molar-refractivity contribution in [1.82, 2.24) is 0 Å². The van der Waals surface area contributed by atoms with Crippen molar-refractivity contribution in [2.45, 2.75) is 44.8 Å². The van der Waals surface area contributed by atoms with Gasteiger partial charge in [-0.25, -0.2) is 8.78 Å². The van der Waals surface area contributed by atoms with E-state index in [0.717, 1.165) is 19.3 Å². The molecule has 0 N–H and O–H groups in total. The first kappa shape index (κ1) is 20.7. The van der Waals surface area contributed by atoms with Gasteiger partial charge in [-0.3, -0.25) is 0 Å². The second kappa shape index (κ2) is 9.43. The topological polar surface area (TPSA) is 27.7 Å². The average molecular weight is 394 g/mol. The van der Waals surface area contributed by atoms with E-state index in [1.807, 2.05) is 0 Å². The number of halogens is 3. The normalized spacial score (nSPS) is 19.6. The maximum absolute atomic E-state index is 14.7. The molecule has 0 bridgehead atoms. The minimum atomic E-state index is -1.08. The standard InChI is InChI=1S/C22H25F3O3/c1-3-4-11-27-20-10-6-15(13-28-20)16-7-5-14(12-18(16)23)17-8-9-19(26-2)22(25)21(17)24/h5,7-9,12,15,20H,3-4,6,10-11,13H2,1-2H3. The zero-order chi connectivity index (χ0) is 20.1. The molecule has 0 radical (unpaired) electrons. The first-order chi connectivity index (χ1) is 13.5. The van der Waals surface area contributed by atoms with Crippen LogP contribution in [-0.2, 0) is 9.47 Å². The zero-order valence-electron chi connectivity index (χ0n) is 16.1. The van der Waals surface area contributed by atoms with Crippen LogP contribution >= 0.6 is 0 Å². The van der Waals surface area contributed by atoms with Crippen molar-refractivity contribution < 1.29 is 27.4 Å². The van der Waals surface area contributed by atoms with E-state index in [-0.39, 0.29) is 29.1 Å². The number of methoxy groups -OCH3 is 1. The Balaban J connectivity index is 1.71. The van der Waals surface area contributed by atoms with Gasteiger partial charge in [0.15, 0.2) is 17.9 Å². The van der Waals surface area contributed by atoms with Gasteiger partial charge in [0, 0.05) is 18.1 Å². The van der Waals surface area contributed by atoms with Crippen LogP contribution in [-0.4, -0.2) is 26.6 Å². The van der Waals surface area contributed by atoms with Crippen LogP contribution in [0.25, 0.3) is 11.1 Å². The molecule has 0 saturated carbocycles. The number of hydrogen-bond acceptors (Lipinski definition) is 3. The van der Waals surface area contributed by atoms with Crippen LogP contribution < -0.4 is 4.74 Å². The van der Waals surface area contributed by atoms with E-state index in [0.29, 0.717) is 25.2 Å². The Labute approximate surface area is 163 Å². The van der Waals surface area contributed by atoms with Crippen molar-refractivity contribution in [1.29, 1.82) is 0 Å². The zero-order valence-corrected chi connectivity index (χ0v) is 16.1. The van der Waals surface area contributed by atoms with Gasteiger partial charge in [-0.1, -0.05) is 25.5 Å². The van der Waals surface area contributed by atoms with Crippen molar-refractivity contribution in [3.63, 3.8) is 0 Å². The monoisotopic (exact) mass is 394 g/mol. The van der Waals surface area contributed by atoms with Gasteiger partial charge in [0.2, 0.25) is 5.82 Å². The highest BCUT2D eigenvalue weighted by Crippen LogP contribution is 2.34. The molecule has 152 valence electrons. The van der Waals surface area contributed by atoms with Crippen LogP contribution in [0.15, 0.2) is 30.3 Å². The van der Waals surface area contributed by atoms with Crippen LogP contribution in [0.1, 0.15) is 44.1 Å². The Kier molecular flexibility index (Phi) is 6.97. The summed E-state index contributed by atoms with van der Waals surface area (Å²) in [5, 5.41) is 0. The van der Waals surface area contributed by atoms with Crippen LogP contribution in [0.3, 0.4) is 0 Å². The maximum atomic E-state index is 14.7. The van der Waals surface area contributed by atoms with Crippen molar-refractivity contribution in [2.75, 3.05) is 20.3 Å². The number of unbranched alkanes of at least 4 members (excludes halogenated alkanes) is 1. The quantitative estimate of drug-likeness (QED) is 0.554. The van der Waals surface area contributed by atoms with E-state index in [1.165, 1.54) is 25.3 Å². The Morgan fingerprint density at radius 3 is 2.54 bits per heavy atom. The van der Waals surface area contributed by atoms with Gasteiger partial charge in [0.05, 0.1) is 13.7 Å². The van der Waals surface area contributed by atoms with Crippen molar-refractivity contribution >= 4 is 0 Å². The van der Waals surface area contributed by atoms with Crippen molar-refractivity contribution in [3.05, 3.63) is 53.3 Å². The molecule has 0 spiro atoms. The molecule has 3 rings (SSSR count). The molecule has 1 fully saturated rings. The molecular weight excluding hydrogens is 369 g/mol. The minimum absolute atomic E-state index is 0.00645. The Morgan fingerprint density at radius 2 is 1.89 bits per heavy atom. The molecule has 2 aromatic carbocycles. The number of hydrogen-bond donors (Lipinski definition) is 0. The molecule has 3 nitrogen and oxygen atoms in total. The lowest BCUT2D eigenvalue weighted by atomic mass is 9.91. The molecule has 1 heterocycles. The fourth-order valence-electron chi connectivity index (χ4n) is 3.40. The molecule has 0 aromatic heterocycles. The highest BCUT2D eigenvalue weighted by molar-refractivity contribution is 5.66. The van der Waals surface area contributed by atoms with E-state index in [1.54, 1.807) is 12.1 Å². The smallest absolute Gasteiger partial charge is 0.201 e. The maximum Gasteiger partial charge on any atom is 0.201 e. The van der Waals surface area contributed by atoms with Gasteiger partial charge in [0.25, 0.3) is 0 Å². The molecule has 1 aliphatic rings. The van der Waals surface area contributed by atoms with E-state index in [2.05, 4.69) is 6.92 Å². The van der Waals surface area contributed by atoms with E-state index < -0.39 is 17.5 Å². The lowest BCUT2D eigenvalue weighted by Crippen LogP contribution is -2.27. The number of ether oxygens (including phenoxy) is 3. The predicted octanol–water partition coefficient (Wildman–Crippen LogP) is 5.82. The highest BCUT2D eigenvalue weighted by atomic mass is 19.2. The Morgan fingerprint density at radius 1 is 1.07 bits per heavy atom.